The lowest BCUT2D eigenvalue weighted by Gasteiger charge is -2.18. The highest BCUT2D eigenvalue weighted by Gasteiger charge is 2.17. The summed E-state index contributed by atoms with van der Waals surface area (Å²) in [5, 5.41) is 3.38. The van der Waals surface area contributed by atoms with Crippen LogP contribution < -0.4 is 11.1 Å². The minimum Gasteiger partial charge on any atom is -0.440 e. The van der Waals surface area contributed by atoms with E-state index in [1.807, 2.05) is 12.1 Å². The number of carbonyl (C=O) groups is 1. The van der Waals surface area contributed by atoms with E-state index in [0.29, 0.717) is 17.3 Å². The molecule has 1 aliphatic heterocycles. The molecule has 5 nitrogen and oxygen atoms in total. The van der Waals surface area contributed by atoms with Crippen LogP contribution in [0.5, 0.6) is 0 Å². The molecule has 92 valence electrons. The summed E-state index contributed by atoms with van der Waals surface area (Å²) >= 11 is 1.34. The molecule has 2 aromatic rings. The first-order valence-electron chi connectivity index (χ1n) is 5.52. The molecule has 0 atom stereocenters. The van der Waals surface area contributed by atoms with Crippen molar-refractivity contribution in [2.24, 2.45) is 0 Å². The number of rotatable bonds is 2. The Morgan fingerprint density at radius 1 is 1.39 bits per heavy atom. The lowest BCUT2D eigenvalue weighted by molar-refractivity contribution is -0.116. The molecule has 0 bridgehead atoms. The molecule has 1 aromatic carbocycles. The van der Waals surface area contributed by atoms with Crippen LogP contribution in [0.2, 0.25) is 0 Å². The van der Waals surface area contributed by atoms with Gasteiger partial charge in [0.2, 0.25) is 5.91 Å². The number of nitrogen functional groups attached to an aromatic ring is 1. The molecule has 3 rings (SSSR count). The van der Waals surface area contributed by atoms with E-state index in [4.69, 9.17) is 10.2 Å². The Kier molecular flexibility index (Phi) is 2.71. The standard InChI is InChI=1S/C12H11N3O2S/c13-8-5-7-1-2-11(16)15-9(7)6-10(8)18-12-14-3-4-17-12/h3-6H,1-2,13H2,(H,15,16). The minimum absolute atomic E-state index is 0.0411. The van der Waals surface area contributed by atoms with Crippen molar-refractivity contribution in [3.63, 3.8) is 0 Å². The van der Waals surface area contributed by atoms with E-state index in [1.54, 1.807) is 6.20 Å². The molecular weight excluding hydrogens is 250 g/mol. The monoisotopic (exact) mass is 261 g/mol. The molecule has 0 fully saturated rings. The van der Waals surface area contributed by atoms with Crippen molar-refractivity contribution in [2.75, 3.05) is 11.1 Å². The summed E-state index contributed by atoms with van der Waals surface area (Å²) in [7, 11) is 0. The smallest absolute Gasteiger partial charge is 0.260 e. The van der Waals surface area contributed by atoms with E-state index < -0.39 is 0 Å². The first-order chi connectivity index (χ1) is 8.72. The first kappa shape index (κ1) is 11.2. The lowest BCUT2D eigenvalue weighted by atomic mass is 10.0. The average Bonchev–Trinajstić information content (AvgIpc) is 2.83. The average molecular weight is 261 g/mol. The molecular formula is C12H11N3O2S. The zero-order chi connectivity index (χ0) is 12.5. The number of fused-ring (bicyclic) bond motifs is 1. The van der Waals surface area contributed by atoms with Crippen molar-refractivity contribution >= 4 is 29.0 Å². The van der Waals surface area contributed by atoms with E-state index in [2.05, 4.69) is 10.3 Å². The number of aromatic nitrogens is 1. The Bertz CT molecular complexity index is 596. The van der Waals surface area contributed by atoms with E-state index in [0.717, 1.165) is 22.6 Å². The van der Waals surface area contributed by atoms with Gasteiger partial charge in [-0.15, -0.1) is 0 Å². The number of nitrogens with two attached hydrogens (primary N) is 1. The van der Waals surface area contributed by atoms with Gasteiger partial charge < -0.3 is 15.5 Å². The van der Waals surface area contributed by atoms with Gasteiger partial charge in [-0.3, -0.25) is 4.79 Å². The predicted octanol–water partition coefficient (Wildman–Crippen LogP) is 2.29. The molecule has 0 radical (unpaired) electrons. The number of nitrogens with zero attached hydrogens (tertiary/aromatic N) is 1. The molecule has 1 aromatic heterocycles. The minimum atomic E-state index is 0.0411. The summed E-state index contributed by atoms with van der Waals surface area (Å²) in [6.45, 7) is 0. The van der Waals surface area contributed by atoms with Crippen LogP contribution in [0.15, 0.2) is 39.1 Å². The second-order valence-electron chi connectivity index (χ2n) is 4.00. The van der Waals surface area contributed by atoms with Crippen LogP contribution in [0.25, 0.3) is 0 Å². The number of nitrogens with one attached hydrogen (secondary N) is 1. The SMILES string of the molecule is Nc1cc2c(cc1Sc1ncco1)NC(=O)CC2. The highest BCUT2D eigenvalue weighted by molar-refractivity contribution is 7.99. The number of hydrogen-bond donors (Lipinski definition) is 2. The zero-order valence-electron chi connectivity index (χ0n) is 9.47. The van der Waals surface area contributed by atoms with E-state index in [1.165, 1.54) is 18.0 Å². The van der Waals surface area contributed by atoms with E-state index in [-0.39, 0.29) is 5.91 Å². The molecule has 0 spiro atoms. The highest BCUT2D eigenvalue weighted by atomic mass is 32.2. The van der Waals surface area contributed by atoms with Crippen molar-refractivity contribution < 1.29 is 9.21 Å². The molecule has 1 amide bonds. The van der Waals surface area contributed by atoms with Crippen LogP contribution in [-0.4, -0.2) is 10.9 Å². The maximum absolute atomic E-state index is 11.4. The molecule has 6 heteroatoms. The van der Waals surface area contributed by atoms with Crippen molar-refractivity contribution in [3.05, 3.63) is 30.2 Å². The summed E-state index contributed by atoms with van der Waals surface area (Å²) in [6, 6.07) is 3.77. The summed E-state index contributed by atoms with van der Waals surface area (Å²) in [6.07, 6.45) is 4.34. The normalized spacial score (nSPS) is 14.1. The third kappa shape index (κ3) is 2.06. The van der Waals surface area contributed by atoms with Crippen LogP contribution in [0, 0.1) is 0 Å². The van der Waals surface area contributed by atoms with Gasteiger partial charge in [0.15, 0.2) is 0 Å². The van der Waals surface area contributed by atoms with Gasteiger partial charge in [-0.1, -0.05) is 0 Å². The largest absolute Gasteiger partial charge is 0.440 e. The zero-order valence-corrected chi connectivity index (χ0v) is 10.3. The molecule has 1 aliphatic rings. The van der Waals surface area contributed by atoms with Gasteiger partial charge in [0.05, 0.1) is 6.20 Å². The van der Waals surface area contributed by atoms with Crippen molar-refractivity contribution in [1.29, 1.82) is 0 Å². The van der Waals surface area contributed by atoms with Crippen LogP contribution in [0.1, 0.15) is 12.0 Å². The molecule has 0 aliphatic carbocycles. The first-order valence-corrected chi connectivity index (χ1v) is 6.33. The number of oxazole rings is 1. The number of aryl methyl sites for hydroxylation is 1. The number of amides is 1. The predicted molar refractivity (Wildman–Crippen MR) is 68.4 cm³/mol. The summed E-state index contributed by atoms with van der Waals surface area (Å²) in [4.78, 5) is 16.2. The van der Waals surface area contributed by atoms with Crippen LogP contribution in [0.3, 0.4) is 0 Å². The summed E-state index contributed by atoms with van der Waals surface area (Å²) in [5.41, 5.74) is 8.57. The van der Waals surface area contributed by atoms with Crippen molar-refractivity contribution in [3.8, 4) is 0 Å². The number of benzene rings is 1. The Morgan fingerprint density at radius 3 is 3.06 bits per heavy atom. The van der Waals surface area contributed by atoms with Gasteiger partial charge in [-0.05, 0) is 35.9 Å². The van der Waals surface area contributed by atoms with Crippen LogP contribution >= 0.6 is 11.8 Å². The van der Waals surface area contributed by atoms with Gasteiger partial charge in [0.25, 0.3) is 5.22 Å². The van der Waals surface area contributed by atoms with Gasteiger partial charge in [-0.25, -0.2) is 4.98 Å². The fourth-order valence-electron chi connectivity index (χ4n) is 1.87. The Morgan fingerprint density at radius 2 is 2.28 bits per heavy atom. The Hall–Kier alpha value is -1.95. The Labute approximate surface area is 108 Å². The fraction of sp³-hybridized carbons (Fsp3) is 0.167. The topological polar surface area (TPSA) is 81.2 Å². The number of carbonyl (C=O) groups excluding carboxylic acids is 1. The Balaban J connectivity index is 1.95. The third-order valence-electron chi connectivity index (χ3n) is 2.74. The van der Waals surface area contributed by atoms with Crippen molar-refractivity contribution in [2.45, 2.75) is 23.0 Å². The molecule has 2 heterocycles. The van der Waals surface area contributed by atoms with Crippen LogP contribution in [0.4, 0.5) is 11.4 Å². The van der Waals surface area contributed by atoms with E-state index in [9.17, 15) is 4.79 Å². The van der Waals surface area contributed by atoms with Gasteiger partial charge in [-0.2, -0.15) is 0 Å². The van der Waals surface area contributed by atoms with Gasteiger partial charge in [0.1, 0.15) is 6.26 Å². The van der Waals surface area contributed by atoms with Gasteiger partial charge >= 0.3 is 0 Å². The second kappa shape index (κ2) is 4.38. The summed E-state index contributed by atoms with van der Waals surface area (Å²) in [5.74, 6) is 0.0411. The summed E-state index contributed by atoms with van der Waals surface area (Å²) < 4.78 is 5.17. The highest BCUT2D eigenvalue weighted by Crippen LogP contribution is 2.36. The van der Waals surface area contributed by atoms with Gasteiger partial charge in [0, 0.05) is 22.7 Å². The quantitative estimate of drug-likeness (QED) is 0.811. The van der Waals surface area contributed by atoms with Crippen LogP contribution in [-0.2, 0) is 11.2 Å². The number of anilines is 2. The fourth-order valence-corrected chi connectivity index (χ4v) is 2.63. The maximum atomic E-state index is 11.4. The molecule has 18 heavy (non-hydrogen) atoms. The maximum Gasteiger partial charge on any atom is 0.260 e. The molecule has 3 N–H and O–H groups in total. The van der Waals surface area contributed by atoms with E-state index >= 15 is 0 Å². The third-order valence-corrected chi connectivity index (χ3v) is 3.69. The number of hydrogen-bond acceptors (Lipinski definition) is 5. The second-order valence-corrected chi connectivity index (χ2v) is 4.99. The molecule has 0 saturated carbocycles. The molecule has 0 unspecified atom stereocenters. The molecule has 0 saturated heterocycles. The van der Waals surface area contributed by atoms with Crippen molar-refractivity contribution in [1.82, 2.24) is 4.98 Å². The lowest BCUT2D eigenvalue weighted by Crippen LogP contribution is -2.19.